The molecule has 8 nitrogen and oxygen atoms in total. The van der Waals surface area contributed by atoms with E-state index in [-0.39, 0.29) is 52.3 Å². The van der Waals surface area contributed by atoms with Crippen LogP contribution >= 0.6 is 0 Å². The third-order valence-corrected chi connectivity index (χ3v) is 0.455. The Bertz CT molecular complexity index is 50.0. The van der Waals surface area contributed by atoms with Crippen molar-refractivity contribution >= 4 is 0 Å². The molecule has 0 unspecified atom stereocenters. The van der Waals surface area contributed by atoms with Gasteiger partial charge in [-0.05, 0) is 13.1 Å². The molecule has 14 N–H and O–H groups in total. The van der Waals surface area contributed by atoms with Crippen molar-refractivity contribution < 1.29 is 52.3 Å². The Hall–Kier alpha value is 0.754. The first kappa shape index (κ1) is 52.4. The molecule has 0 rings (SSSR count). The van der Waals surface area contributed by atoms with Gasteiger partial charge in [-0.1, -0.05) is 0 Å². The van der Waals surface area contributed by atoms with Gasteiger partial charge < -0.3 is 70.2 Å². The maximum Gasteiger partial charge on any atom is 2.00 e. The van der Waals surface area contributed by atoms with Crippen LogP contribution in [-0.4, -0.2) is 50.2 Å². The molecule has 11 heteroatoms. The molecular formula is C6H26Cl2N6NiO2-2. The molecular weight excluding hydrogens is 318 g/mol. The van der Waals surface area contributed by atoms with E-state index in [1.165, 1.54) is 0 Å². The monoisotopic (exact) mass is 342 g/mol. The predicted octanol–water partition coefficient (Wildman–Crippen LogP) is -8.75. The summed E-state index contributed by atoms with van der Waals surface area (Å²) in [5.41, 5.74) is 32.1. The Morgan fingerprint density at radius 2 is 0.706 bits per heavy atom. The van der Waals surface area contributed by atoms with E-state index in [9.17, 15) is 0 Å². The van der Waals surface area contributed by atoms with Gasteiger partial charge in [-0.2, -0.15) is 0 Å². The van der Waals surface area contributed by atoms with Gasteiger partial charge in [-0.15, -0.1) is 13.1 Å². The summed E-state index contributed by atoms with van der Waals surface area (Å²) in [6, 6.07) is 0. The Balaban J connectivity index is -0.0000000104. The number of nitrogens with two attached hydrogens (primary N) is 4. The van der Waals surface area contributed by atoms with Gasteiger partial charge in [0.1, 0.15) is 0 Å². The fourth-order valence-corrected chi connectivity index (χ4v) is 0. The molecule has 0 aliphatic rings. The number of hydrogen-bond donors (Lipinski definition) is 4. The summed E-state index contributed by atoms with van der Waals surface area (Å²) in [4.78, 5) is 0. The average molecular weight is 344 g/mol. The summed E-state index contributed by atoms with van der Waals surface area (Å²) in [6.45, 7) is 2.86. The smallest absolute Gasteiger partial charge is 1.00 e. The molecule has 118 valence electrons. The van der Waals surface area contributed by atoms with Crippen molar-refractivity contribution in [3.05, 3.63) is 11.5 Å². The van der Waals surface area contributed by atoms with Crippen molar-refractivity contribution in [1.82, 2.24) is 0 Å². The molecule has 0 fully saturated rings. The van der Waals surface area contributed by atoms with Crippen molar-refractivity contribution in [3.8, 4) is 0 Å². The Morgan fingerprint density at radius 3 is 0.706 bits per heavy atom. The van der Waals surface area contributed by atoms with Crippen LogP contribution < -0.4 is 47.7 Å². The summed E-state index contributed by atoms with van der Waals surface area (Å²) in [6.07, 6.45) is 0. The molecule has 0 aromatic carbocycles. The van der Waals surface area contributed by atoms with Gasteiger partial charge >= 0.3 is 16.5 Å². The van der Waals surface area contributed by atoms with Crippen LogP contribution in [0, 0.1) is 0 Å². The van der Waals surface area contributed by atoms with E-state index in [1.54, 1.807) is 0 Å². The van der Waals surface area contributed by atoms with Crippen molar-refractivity contribution in [2.24, 2.45) is 22.9 Å². The SMILES string of the molecule is NCCN.O.O.[Cl-].[Cl-].[NH-]CCN.[NH-]CCN.[Ni+2]. The maximum atomic E-state index is 6.33. The zero-order valence-electron chi connectivity index (χ0n) is 9.62. The molecule has 0 atom stereocenters. The Labute approximate surface area is 126 Å². The first-order valence-electron chi connectivity index (χ1n) is 3.84. The second-order valence-corrected chi connectivity index (χ2v) is 1.65. The van der Waals surface area contributed by atoms with Gasteiger partial charge in [-0.25, -0.2) is 0 Å². The van der Waals surface area contributed by atoms with Crippen LogP contribution in [-0.2, 0) is 16.5 Å². The minimum absolute atomic E-state index is 0. The van der Waals surface area contributed by atoms with Crippen LogP contribution in [0.5, 0.6) is 0 Å². The van der Waals surface area contributed by atoms with Crippen molar-refractivity contribution in [2.45, 2.75) is 0 Å². The van der Waals surface area contributed by atoms with E-state index in [0.717, 1.165) is 0 Å². The van der Waals surface area contributed by atoms with Gasteiger partial charge in [0.15, 0.2) is 0 Å². The first-order valence-corrected chi connectivity index (χ1v) is 3.84. The topological polar surface area (TPSA) is 215 Å². The van der Waals surface area contributed by atoms with Crippen LogP contribution in [0.15, 0.2) is 0 Å². The van der Waals surface area contributed by atoms with Crippen molar-refractivity contribution in [1.29, 1.82) is 0 Å². The number of halogens is 2. The summed E-state index contributed by atoms with van der Waals surface area (Å²) in [7, 11) is 0. The minimum Gasteiger partial charge on any atom is -1.00 e. The van der Waals surface area contributed by atoms with Crippen molar-refractivity contribution in [2.75, 3.05) is 39.3 Å². The van der Waals surface area contributed by atoms with Gasteiger partial charge in [0.2, 0.25) is 0 Å². The number of nitrogens with one attached hydrogen (secondary N) is 2. The number of rotatable bonds is 3. The summed E-state index contributed by atoms with van der Waals surface area (Å²) in [5.74, 6) is 0. The van der Waals surface area contributed by atoms with Crippen LogP contribution in [0.25, 0.3) is 11.5 Å². The Morgan fingerprint density at radius 1 is 0.588 bits per heavy atom. The van der Waals surface area contributed by atoms with Gasteiger partial charge in [0.05, 0.1) is 0 Å². The molecule has 0 aliphatic heterocycles. The molecule has 0 amide bonds. The van der Waals surface area contributed by atoms with Crippen LogP contribution in [0.2, 0.25) is 0 Å². The predicted molar refractivity (Wildman–Crippen MR) is 61.8 cm³/mol. The quantitative estimate of drug-likeness (QED) is 0.367. The molecule has 0 saturated carbocycles. The third kappa shape index (κ3) is 259. The minimum atomic E-state index is 0. The van der Waals surface area contributed by atoms with Gasteiger partial charge in [-0.3, -0.25) is 0 Å². The molecule has 0 saturated heterocycles. The number of hydrogen-bond acceptors (Lipinski definition) is 4. The fourth-order valence-electron chi connectivity index (χ4n) is 0. The van der Waals surface area contributed by atoms with Crippen LogP contribution in [0.1, 0.15) is 0 Å². The van der Waals surface area contributed by atoms with E-state index in [1.807, 2.05) is 0 Å². The largest absolute Gasteiger partial charge is 2.00 e. The molecule has 0 spiro atoms. The summed E-state index contributed by atoms with van der Waals surface area (Å²) < 4.78 is 0. The molecule has 0 heterocycles. The molecule has 0 radical (unpaired) electrons. The molecule has 0 aliphatic carbocycles. The van der Waals surface area contributed by atoms with E-state index in [4.69, 9.17) is 34.4 Å². The zero-order chi connectivity index (χ0) is 10.2. The third-order valence-electron chi connectivity index (χ3n) is 0.455. The Kier molecular flexibility index (Phi) is 281. The normalized spacial score (nSPS) is 5.29. The fraction of sp³-hybridized carbons (Fsp3) is 1.00. The van der Waals surface area contributed by atoms with Crippen LogP contribution in [0.4, 0.5) is 0 Å². The van der Waals surface area contributed by atoms with Gasteiger partial charge in [0.25, 0.3) is 0 Å². The van der Waals surface area contributed by atoms with Gasteiger partial charge in [0, 0.05) is 13.1 Å². The summed E-state index contributed by atoms with van der Waals surface area (Å²) >= 11 is 0. The van der Waals surface area contributed by atoms with E-state index in [0.29, 0.717) is 39.3 Å². The van der Waals surface area contributed by atoms with Crippen LogP contribution in [0.3, 0.4) is 0 Å². The van der Waals surface area contributed by atoms with E-state index < -0.39 is 0 Å². The molecule has 17 heavy (non-hydrogen) atoms. The average Bonchev–Trinajstić information content (AvgIpc) is 2.18. The molecule has 0 aromatic rings. The summed E-state index contributed by atoms with van der Waals surface area (Å²) in [5, 5.41) is 0. The zero-order valence-corrected chi connectivity index (χ0v) is 12.1. The standard InChI is InChI=1S/C2H8N2.2C2H7N2.2ClH.Ni.2H2O/c3*3-1-2-4;;;;;/h1-4H2;2*3H,1-2,4H2;2*1H;;2*1H2/q;2*-1;;;+2;;/p-2. The molecule has 0 aromatic heterocycles. The first-order chi connectivity index (χ1) is 5.74. The van der Waals surface area contributed by atoms with Crippen molar-refractivity contribution in [3.63, 3.8) is 0 Å². The van der Waals surface area contributed by atoms with E-state index >= 15 is 0 Å². The second-order valence-electron chi connectivity index (χ2n) is 1.65. The molecule has 0 bridgehead atoms. The second kappa shape index (κ2) is 91.2. The van der Waals surface area contributed by atoms with E-state index in [2.05, 4.69) is 0 Å². The maximum absolute atomic E-state index is 6.33.